The van der Waals surface area contributed by atoms with Crippen LogP contribution in [0, 0.1) is 6.92 Å². The summed E-state index contributed by atoms with van der Waals surface area (Å²) in [7, 11) is 0. The molecule has 1 aromatic heterocycles. The fraction of sp³-hybridized carbons (Fsp3) is 0.263. The van der Waals surface area contributed by atoms with Crippen LogP contribution in [0.1, 0.15) is 24.4 Å². The Bertz CT molecular complexity index is 874. The number of nitrogens with zero attached hydrogens (tertiary/aromatic N) is 2. The number of ether oxygens (including phenoxy) is 1. The van der Waals surface area contributed by atoms with Gasteiger partial charge in [0.15, 0.2) is 0 Å². The minimum atomic E-state index is -0.511. The molecule has 25 heavy (non-hydrogen) atoms. The normalized spacial score (nSPS) is 12.1. The molecule has 1 amide bonds. The third kappa shape index (κ3) is 3.80. The molecule has 0 radical (unpaired) electrons. The average molecular weight is 339 g/mol. The van der Waals surface area contributed by atoms with Crippen LogP contribution in [0.15, 0.2) is 48.5 Å². The molecule has 3 rings (SSSR count). The van der Waals surface area contributed by atoms with Crippen molar-refractivity contribution in [2.75, 3.05) is 11.9 Å². The molecule has 3 aromatic rings. The topological polar surface area (TPSA) is 76.4 Å². The molecular weight excluding hydrogens is 318 g/mol. The van der Waals surface area contributed by atoms with E-state index in [-0.39, 0.29) is 19.3 Å². The van der Waals surface area contributed by atoms with Gasteiger partial charge in [0.05, 0.1) is 23.7 Å². The summed E-state index contributed by atoms with van der Waals surface area (Å²) in [6.45, 7) is 4.09. The number of fused-ring (bicyclic) bond motifs is 1. The van der Waals surface area contributed by atoms with Gasteiger partial charge in [0.25, 0.3) is 0 Å². The molecule has 2 aromatic carbocycles. The van der Waals surface area contributed by atoms with Gasteiger partial charge in [-0.15, -0.1) is 0 Å². The molecule has 0 spiro atoms. The second kappa shape index (κ2) is 7.36. The van der Waals surface area contributed by atoms with Gasteiger partial charge >= 0.3 is 6.09 Å². The number of aryl methyl sites for hydroxylation is 1. The van der Waals surface area contributed by atoms with E-state index < -0.39 is 6.09 Å². The number of nitrogens with one attached hydrogen (secondary N) is 1. The maximum atomic E-state index is 12.0. The van der Waals surface area contributed by atoms with Crippen molar-refractivity contribution in [3.8, 4) is 0 Å². The van der Waals surface area contributed by atoms with Crippen LogP contribution in [-0.4, -0.2) is 27.4 Å². The highest BCUT2D eigenvalue weighted by Gasteiger charge is 2.13. The SMILES string of the molecule is Cc1nc2cc(NC(=O)OCc3ccccc3)ccc2n1C(C)CO. The molecule has 0 bridgehead atoms. The molecule has 0 saturated carbocycles. The maximum Gasteiger partial charge on any atom is 0.411 e. The van der Waals surface area contributed by atoms with E-state index in [1.54, 1.807) is 12.1 Å². The summed E-state index contributed by atoms with van der Waals surface area (Å²) >= 11 is 0. The number of hydrogen-bond acceptors (Lipinski definition) is 4. The highest BCUT2D eigenvalue weighted by Crippen LogP contribution is 2.23. The predicted molar refractivity (Wildman–Crippen MR) is 96.5 cm³/mol. The van der Waals surface area contributed by atoms with Crippen molar-refractivity contribution < 1.29 is 14.6 Å². The van der Waals surface area contributed by atoms with E-state index in [9.17, 15) is 9.90 Å². The first kappa shape index (κ1) is 17.0. The highest BCUT2D eigenvalue weighted by molar-refractivity contribution is 5.89. The van der Waals surface area contributed by atoms with E-state index in [0.717, 1.165) is 22.4 Å². The molecular formula is C19H21N3O3. The number of aliphatic hydroxyl groups excluding tert-OH is 1. The van der Waals surface area contributed by atoms with E-state index in [1.807, 2.05) is 54.8 Å². The van der Waals surface area contributed by atoms with E-state index in [1.165, 1.54) is 0 Å². The Labute approximate surface area is 146 Å². The Morgan fingerprint density at radius 2 is 2.04 bits per heavy atom. The van der Waals surface area contributed by atoms with Gasteiger partial charge in [-0.3, -0.25) is 5.32 Å². The number of rotatable bonds is 5. The van der Waals surface area contributed by atoms with Crippen molar-refractivity contribution >= 4 is 22.8 Å². The summed E-state index contributed by atoms with van der Waals surface area (Å²) in [5, 5.41) is 12.1. The van der Waals surface area contributed by atoms with Gasteiger partial charge in [0, 0.05) is 5.69 Å². The number of imidazole rings is 1. The largest absolute Gasteiger partial charge is 0.444 e. The number of aromatic nitrogens is 2. The molecule has 0 aliphatic heterocycles. The molecule has 2 N–H and O–H groups in total. The smallest absolute Gasteiger partial charge is 0.411 e. The van der Waals surface area contributed by atoms with Crippen LogP contribution in [0.4, 0.5) is 10.5 Å². The van der Waals surface area contributed by atoms with Crippen LogP contribution < -0.4 is 5.32 Å². The Morgan fingerprint density at radius 1 is 1.28 bits per heavy atom. The average Bonchev–Trinajstić information content (AvgIpc) is 2.95. The summed E-state index contributed by atoms with van der Waals surface area (Å²) in [5.41, 5.74) is 3.23. The maximum absolute atomic E-state index is 12.0. The third-order valence-electron chi connectivity index (χ3n) is 4.03. The summed E-state index contributed by atoms with van der Waals surface area (Å²) in [6, 6.07) is 14.9. The van der Waals surface area contributed by atoms with Gasteiger partial charge in [-0.1, -0.05) is 30.3 Å². The van der Waals surface area contributed by atoms with Gasteiger partial charge in [-0.05, 0) is 37.6 Å². The summed E-state index contributed by atoms with van der Waals surface area (Å²) < 4.78 is 7.20. The fourth-order valence-corrected chi connectivity index (χ4v) is 2.81. The van der Waals surface area contributed by atoms with Gasteiger partial charge in [0.1, 0.15) is 12.4 Å². The van der Waals surface area contributed by atoms with E-state index in [2.05, 4.69) is 10.3 Å². The van der Waals surface area contributed by atoms with Crippen LogP contribution in [0.25, 0.3) is 11.0 Å². The monoisotopic (exact) mass is 339 g/mol. The fourth-order valence-electron chi connectivity index (χ4n) is 2.81. The van der Waals surface area contributed by atoms with Crippen LogP contribution >= 0.6 is 0 Å². The standard InChI is InChI=1S/C19H21N3O3/c1-13(11-23)22-14(2)20-17-10-16(8-9-18(17)22)21-19(24)25-12-15-6-4-3-5-7-15/h3-10,13,23H,11-12H2,1-2H3,(H,21,24). The first-order valence-electron chi connectivity index (χ1n) is 8.15. The van der Waals surface area contributed by atoms with Crippen LogP contribution in [0.3, 0.4) is 0 Å². The zero-order chi connectivity index (χ0) is 17.8. The second-order valence-electron chi connectivity index (χ2n) is 5.95. The molecule has 0 saturated heterocycles. The first-order valence-corrected chi connectivity index (χ1v) is 8.15. The van der Waals surface area contributed by atoms with Crippen LogP contribution in [-0.2, 0) is 11.3 Å². The van der Waals surface area contributed by atoms with E-state index in [0.29, 0.717) is 5.69 Å². The quantitative estimate of drug-likeness (QED) is 0.744. The predicted octanol–water partition coefficient (Wildman–Crippen LogP) is 3.65. The van der Waals surface area contributed by atoms with Crippen molar-refractivity contribution in [3.63, 3.8) is 0 Å². The van der Waals surface area contributed by atoms with Crippen molar-refractivity contribution in [2.24, 2.45) is 0 Å². The Hall–Kier alpha value is -2.86. The second-order valence-corrected chi connectivity index (χ2v) is 5.95. The molecule has 1 heterocycles. The molecule has 130 valence electrons. The molecule has 6 nitrogen and oxygen atoms in total. The van der Waals surface area contributed by atoms with Gasteiger partial charge in [0.2, 0.25) is 0 Å². The molecule has 1 atom stereocenters. The minimum absolute atomic E-state index is 0.0398. The Kier molecular flexibility index (Phi) is 5.00. The lowest BCUT2D eigenvalue weighted by atomic mass is 10.2. The first-order chi connectivity index (χ1) is 12.1. The van der Waals surface area contributed by atoms with Crippen LogP contribution in [0.2, 0.25) is 0 Å². The molecule has 0 aliphatic carbocycles. The van der Waals surface area contributed by atoms with Gasteiger partial charge in [-0.2, -0.15) is 0 Å². The Morgan fingerprint density at radius 3 is 2.76 bits per heavy atom. The van der Waals surface area contributed by atoms with Crippen molar-refractivity contribution in [1.29, 1.82) is 0 Å². The van der Waals surface area contributed by atoms with E-state index in [4.69, 9.17) is 4.74 Å². The summed E-state index contributed by atoms with van der Waals surface area (Å²) in [5.74, 6) is 0.820. The minimum Gasteiger partial charge on any atom is -0.444 e. The molecule has 0 fully saturated rings. The van der Waals surface area contributed by atoms with Crippen molar-refractivity contribution in [3.05, 3.63) is 59.9 Å². The number of hydrogen-bond donors (Lipinski definition) is 2. The van der Waals surface area contributed by atoms with Gasteiger partial charge < -0.3 is 14.4 Å². The van der Waals surface area contributed by atoms with Gasteiger partial charge in [-0.25, -0.2) is 9.78 Å². The number of carbonyl (C=O) groups is 1. The van der Waals surface area contributed by atoms with Crippen molar-refractivity contribution in [2.45, 2.75) is 26.5 Å². The van der Waals surface area contributed by atoms with Crippen molar-refractivity contribution in [1.82, 2.24) is 9.55 Å². The Balaban J connectivity index is 1.71. The lowest BCUT2D eigenvalue weighted by molar-refractivity contribution is 0.155. The zero-order valence-corrected chi connectivity index (χ0v) is 14.3. The number of aliphatic hydroxyl groups is 1. The lowest BCUT2D eigenvalue weighted by Gasteiger charge is -2.13. The van der Waals surface area contributed by atoms with Crippen LogP contribution in [0.5, 0.6) is 0 Å². The third-order valence-corrected chi connectivity index (χ3v) is 4.03. The number of benzene rings is 2. The summed E-state index contributed by atoms with van der Waals surface area (Å²) in [4.78, 5) is 16.5. The number of carbonyl (C=O) groups excluding carboxylic acids is 1. The number of amides is 1. The highest BCUT2D eigenvalue weighted by atomic mass is 16.5. The molecule has 1 unspecified atom stereocenters. The van der Waals surface area contributed by atoms with E-state index >= 15 is 0 Å². The zero-order valence-electron chi connectivity index (χ0n) is 14.3. The summed E-state index contributed by atoms with van der Waals surface area (Å²) in [6.07, 6.45) is -0.511. The molecule has 0 aliphatic rings. The number of anilines is 1. The molecule has 6 heteroatoms. The lowest BCUT2D eigenvalue weighted by Crippen LogP contribution is -2.13.